The molecule has 1 aliphatic rings. The van der Waals surface area contributed by atoms with Gasteiger partial charge in [-0.25, -0.2) is 0 Å². The van der Waals surface area contributed by atoms with Crippen LogP contribution in [0.15, 0.2) is 23.1 Å². The van der Waals surface area contributed by atoms with Crippen molar-refractivity contribution >= 4 is 11.8 Å². The number of thioether (sulfide) groups is 1. The summed E-state index contributed by atoms with van der Waals surface area (Å²) in [5, 5.41) is 3.29. The van der Waals surface area contributed by atoms with Gasteiger partial charge in [-0.1, -0.05) is 19.1 Å². The van der Waals surface area contributed by atoms with E-state index in [1.165, 1.54) is 35.5 Å². The fourth-order valence-corrected chi connectivity index (χ4v) is 3.40. The van der Waals surface area contributed by atoms with Gasteiger partial charge in [-0.2, -0.15) is 0 Å². The van der Waals surface area contributed by atoms with Crippen molar-refractivity contribution in [3.8, 4) is 0 Å². The molecule has 1 aliphatic heterocycles. The summed E-state index contributed by atoms with van der Waals surface area (Å²) in [5.74, 6) is 1.96. The van der Waals surface area contributed by atoms with Crippen LogP contribution in [0.25, 0.3) is 0 Å². The molecule has 2 rings (SSSR count). The molecule has 0 aliphatic carbocycles. The molecule has 0 fully saturated rings. The number of nitrogens with one attached hydrogen (secondary N) is 1. The first-order valence-corrected chi connectivity index (χ1v) is 7.24. The summed E-state index contributed by atoms with van der Waals surface area (Å²) >= 11 is 2.01. The Bertz CT molecular complexity index is 349. The fourth-order valence-electron chi connectivity index (χ4n) is 2.38. The SMILES string of the molecule is CCC(CNC)c1ccc2c(c1)CCCS2. The molecule has 1 aromatic rings. The molecule has 88 valence electrons. The number of hydrogen-bond acceptors (Lipinski definition) is 2. The summed E-state index contributed by atoms with van der Waals surface area (Å²) in [6.07, 6.45) is 3.82. The van der Waals surface area contributed by atoms with Crippen molar-refractivity contribution in [2.75, 3.05) is 19.3 Å². The Morgan fingerprint density at radius 3 is 3.06 bits per heavy atom. The van der Waals surface area contributed by atoms with Crippen molar-refractivity contribution < 1.29 is 0 Å². The van der Waals surface area contributed by atoms with E-state index >= 15 is 0 Å². The molecule has 16 heavy (non-hydrogen) atoms. The van der Waals surface area contributed by atoms with Crippen LogP contribution in [-0.4, -0.2) is 19.3 Å². The van der Waals surface area contributed by atoms with Gasteiger partial charge in [0.2, 0.25) is 0 Å². The van der Waals surface area contributed by atoms with Gasteiger partial charge >= 0.3 is 0 Å². The maximum Gasteiger partial charge on any atom is 0.0104 e. The van der Waals surface area contributed by atoms with E-state index in [1.54, 1.807) is 5.56 Å². The quantitative estimate of drug-likeness (QED) is 0.858. The lowest BCUT2D eigenvalue weighted by atomic mass is 9.94. The molecule has 1 heterocycles. The topological polar surface area (TPSA) is 12.0 Å². The Kier molecular flexibility index (Phi) is 4.30. The summed E-state index contributed by atoms with van der Waals surface area (Å²) in [6, 6.07) is 7.09. The van der Waals surface area contributed by atoms with E-state index in [1.807, 2.05) is 18.8 Å². The lowest BCUT2D eigenvalue weighted by molar-refractivity contribution is 0.610. The summed E-state index contributed by atoms with van der Waals surface area (Å²) < 4.78 is 0. The molecule has 0 aromatic heterocycles. The van der Waals surface area contributed by atoms with E-state index in [0.717, 1.165) is 6.54 Å². The highest BCUT2D eigenvalue weighted by atomic mass is 32.2. The molecular formula is C14H21NS. The maximum atomic E-state index is 3.29. The van der Waals surface area contributed by atoms with Crippen LogP contribution in [0.5, 0.6) is 0 Å². The van der Waals surface area contributed by atoms with Crippen LogP contribution in [0.1, 0.15) is 36.8 Å². The van der Waals surface area contributed by atoms with Gasteiger partial charge in [0, 0.05) is 11.4 Å². The molecule has 1 N–H and O–H groups in total. The zero-order valence-corrected chi connectivity index (χ0v) is 11.1. The summed E-state index contributed by atoms with van der Waals surface area (Å²) in [6.45, 7) is 3.36. The van der Waals surface area contributed by atoms with Gasteiger partial charge in [0.25, 0.3) is 0 Å². The van der Waals surface area contributed by atoms with Crippen molar-refractivity contribution in [2.24, 2.45) is 0 Å². The van der Waals surface area contributed by atoms with E-state index in [-0.39, 0.29) is 0 Å². The second-order valence-electron chi connectivity index (χ2n) is 4.48. The first kappa shape index (κ1) is 12.0. The van der Waals surface area contributed by atoms with Crippen molar-refractivity contribution in [1.29, 1.82) is 0 Å². The summed E-state index contributed by atoms with van der Waals surface area (Å²) in [5.41, 5.74) is 3.08. The van der Waals surface area contributed by atoms with Crippen LogP contribution in [0.3, 0.4) is 0 Å². The molecule has 0 radical (unpaired) electrons. The maximum absolute atomic E-state index is 3.29. The molecule has 0 saturated carbocycles. The molecule has 0 spiro atoms. The Labute approximate surface area is 103 Å². The molecule has 1 unspecified atom stereocenters. The molecule has 1 nitrogen and oxygen atoms in total. The van der Waals surface area contributed by atoms with Crippen LogP contribution in [0.4, 0.5) is 0 Å². The molecule has 0 amide bonds. The second kappa shape index (κ2) is 5.74. The van der Waals surface area contributed by atoms with Gasteiger partial charge in [0.15, 0.2) is 0 Å². The number of benzene rings is 1. The molecule has 0 bridgehead atoms. The van der Waals surface area contributed by atoms with Gasteiger partial charge in [-0.3, -0.25) is 0 Å². The van der Waals surface area contributed by atoms with Crippen LogP contribution < -0.4 is 5.32 Å². The minimum Gasteiger partial charge on any atom is -0.319 e. The number of likely N-dealkylation sites (N-methyl/N-ethyl adjacent to an activating group) is 1. The first-order chi connectivity index (χ1) is 7.85. The van der Waals surface area contributed by atoms with Crippen LogP contribution in [0, 0.1) is 0 Å². The van der Waals surface area contributed by atoms with Crippen LogP contribution in [-0.2, 0) is 6.42 Å². The monoisotopic (exact) mass is 235 g/mol. The van der Waals surface area contributed by atoms with Crippen molar-refractivity contribution in [3.63, 3.8) is 0 Å². The van der Waals surface area contributed by atoms with Crippen LogP contribution in [0.2, 0.25) is 0 Å². The van der Waals surface area contributed by atoms with Crippen molar-refractivity contribution in [3.05, 3.63) is 29.3 Å². The minimum absolute atomic E-state index is 0.669. The standard InChI is InChI=1S/C14H21NS/c1-3-11(10-15-2)12-6-7-14-13(9-12)5-4-8-16-14/h6-7,9,11,15H,3-5,8,10H2,1-2H3. The van der Waals surface area contributed by atoms with E-state index in [9.17, 15) is 0 Å². The van der Waals surface area contributed by atoms with E-state index < -0.39 is 0 Å². The van der Waals surface area contributed by atoms with Gasteiger partial charge in [0.1, 0.15) is 0 Å². The van der Waals surface area contributed by atoms with Crippen molar-refractivity contribution in [2.45, 2.75) is 37.0 Å². The molecular weight excluding hydrogens is 214 g/mol. The first-order valence-electron chi connectivity index (χ1n) is 6.25. The van der Waals surface area contributed by atoms with Crippen LogP contribution >= 0.6 is 11.8 Å². The van der Waals surface area contributed by atoms with E-state index in [2.05, 4.69) is 30.4 Å². The lowest BCUT2D eigenvalue weighted by Crippen LogP contribution is -2.17. The second-order valence-corrected chi connectivity index (χ2v) is 5.62. The minimum atomic E-state index is 0.669. The average Bonchev–Trinajstić information content (AvgIpc) is 2.35. The average molecular weight is 235 g/mol. The number of rotatable bonds is 4. The molecule has 1 aromatic carbocycles. The summed E-state index contributed by atoms with van der Waals surface area (Å²) in [7, 11) is 2.04. The predicted molar refractivity (Wildman–Crippen MR) is 72.4 cm³/mol. The highest BCUT2D eigenvalue weighted by Gasteiger charge is 2.13. The normalized spacial score (nSPS) is 16.9. The largest absolute Gasteiger partial charge is 0.319 e. The van der Waals surface area contributed by atoms with E-state index in [4.69, 9.17) is 0 Å². The highest BCUT2D eigenvalue weighted by Crippen LogP contribution is 2.32. The third-order valence-corrected chi connectivity index (χ3v) is 4.55. The Morgan fingerprint density at radius 1 is 1.44 bits per heavy atom. The van der Waals surface area contributed by atoms with Gasteiger partial charge in [-0.15, -0.1) is 11.8 Å². The third-order valence-electron chi connectivity index (χ3n) is 3.35. The molecule has 1 atom stereocenters. The van der Waals surface area contributed by atoms with Gasteiger partial charge in [-0.05, 0) is 55.2 Å². The predicted octanol–water partition coefficient (Wildman–Crippen LogP) is 3.44. The smallest absolute Gasteiger partial charge is 0.0104 e. The molecule has 0 saturated heterocycles. The zero-order chi connectivity index (χ0) is 11.4. The fraction of sp³-hybridized carbons (Fsp3) is 0.571. The number of aryl methyl sites for hydroxylation is 1. The lowest BCUT2D eigenvalue weighted by Gasteiger charge is -2.20. The molecule has 2 heteroatoms. The summed E-state index contributed by atoms with van der Waals surface area (Å²) in [4.78, 5) is 1.51. The van der Waals surface area contributed by atoms with E-state index in [0.29, 0.717) is 5.92 Å². The van der Waals surface area contributed by atoms with Crippen molar-refractivity contribution in [1.82, 2.24) is 5.32 Å². The van der Waals surface area contributed by atoms with Gasteiger partial charge < -0.3 is 5.32 Å². The van der Waals surface area contributed by atoms with Gasteiger partial charge in [0.05, 0.1) is 0 Å². The number of hydrogen-bond donors (Lipinski definition) is 1. The third kappa shape index (κ3) is 2.61. The Hall–Kier alpha value is -0.470. The zero-order valence-electron chi connectivity index (χ0n) is 10.3. The Morgan fingerprint density at radius 2 is 2.31 bits per heavy atom. The highest BCUT2D eigenvalue weighted by molar-refractivity contribution is 7.99. The number of fused-ring (bicyclic) bond motifs is 1. The Balaban J connectivity index is 2.21.